The number of ether oxygens (including phenoxy) is 1. The van der Waals surface area contributed by atoms with Crippen molar-refractivity contribution >= 4 is 28.9 Å². The zero-order valence-corrected chi connectivity index (χ0v) is 14.9. The SMILES string of the molecule is CC(C)(C)C(=O)NC(=S)Nc1ccccc1OCc1ccccc1. The number of benzene rings is 2. The molecule has 24 heavy (non-hydrogen) atoms. The first-order chi connectivity index (χ1) is 11.4. The summed E-state index contributed by atoms with van der Waals surface area (Å²) >= 11 is 5.22. The van der Waals surface area contributed by atoms with Crippen LogP contribution in [0.5, 0.6) is 5.75 Å². The van der Waals surface area contributed by atoms with Gasteiger partial charge in [-0.25, -0.2) is 0 Å². The molecule has 2 aromatic rings. The molecule has 0 bridgehead atoms. The molecule has 0 fully saturated rings. The third-order valence-corrected chi connectivity index (χ3v) is 3.48. The topological polar surface area (TPSA) is 50.4 Å². The lowest BCUT2D eigenvalue weighted by molar-refractivity contribution is -0.126. The fraction of sp³-hybridized carbons (Fsp3) is 0.263. The Morgan fingerprint density at radius 1 is 1.04 bits per heavy atom. The lowest BCUT2D eigenvalue weighted by Crippen LogP contribution is -2.41. The van der Waals surface area contributed by atoms with Crippen molar-refractivity contribution in [3.63, 3.8) is 0 Å². The zero-order chi connectivity index (χ0) is 17.6. The average Bonchev–Trinajstić information content (AvgIpc) is 2.54. The lowest BCUT2D eigenvalue weighted by atomic mass is 9.96. The van der Waals surface area contributed by atoms with E-state index in [1.165, 1.54) is 0 Å². The molecule has 0 radical (unpaired) electrons. The van der Waals surface area contributed by atoms with Gasteiger partial charge in [0.05, 0.1) is 5.69 Å². The molecule has 0 aliphatic rings. The molecule has 0 aromatic heterocycles. The predicted octanol–water partition coefficient (Wildman–Crippen LogP) is 4.12. The minimum atomic E-state index is -0.505. The number of anilines is 1. The first kappa shape index (κ1) is 17.9. The van der Waals surface area contributed by atoms with Crippen LogP contribution in [0.25, 0.3) is 0 Å². The van der Waals surface area contributed by atoms with Crippen molar-refractivity contribution in [1.82, 2.24) is 5.32 Å². The van der Waals surface area contributed by atoms with Gasteiger partial charge in [-0.15, -0.1) is 0 Å². The van der Waals surface area contributed by atoms with Crippen molar-refractivity contribution in [2.45, 2.75) is 27.4 Å². The van der Waals surface area contributed by atoms with Crippen LogP contribution in [0.1, 0.15) is 26.3 Å². The van der Waals surface area contributed by atoms with Crippen LogP contribution in [-0.2, 0) is 11.4 Å². The maximum absolute atomic E-state index is 12.0. The standard InChI is InChI=1S/C19H22N2O2S/c1-19(2,3)17(22)21-18(24)20-15-11-7-8-12-16(15)23-13-14-9-5-4-6-10-14/h4-12H,13H2,1-3H3,(H2,20,21,22,24). The van der Waals surface area contributed by atoms with E-state index >= 15 is 0 Å². The van der Waals surface area contributed by atoms with Crippen molar-refractivity contribution in [3.8, 4) is 5.75 Å². The van der Waals surface area contributed by atoms with Crippen LogP contribution in [0.2, 0.25) is 0 Å². The van der Waals surface area contributed by atoms with E-state index in [1.807, 2.05) is 75.4 Å². The van der Waals surface area contributed by atoms with Gasteiger partial charge in [0.2, 0.25) is 5.91 Å². The highest BCUT2D eigenvalue weighted by Gasteiger charge is 2.22. The number of para-hydroxylation sites is 2. The summed E-state index contributed by atoms with van der Waals surface area (Å²) in [5, 5.41) is 5.97. The Morgan fingerprint density at radius 3 is 2.33 bits per heavy atom. The molecule has 1 amide bonds. The Kier molecular flexibility index (Phi) is 5.93. The highest BCUT2D eigenvalue weighted by molar-refractivity contribution is 7.80. The van der Waals surface area contributed by atoms with Gasteiger partial charge >= 0.3 is 0 Å². The second kappa shape index (κ2) is 7.93. The Hall–Kier alpha value is -2.40. The normalized spacial score (nSPS) is 10.8. The summed E-state index contributed by atoms with van der Waals surface area (Å²) in [4.78, 5) is 12.0. The van der Waals surface area contributed by atoms with E-state index in [1.54, 1.807) is 0 Å². The van der Waals surface area contributed by atoms with Crippen LogP contribution >= 0.6 is 12.2 Å². The van der Waals surface area contributed by atoms with Crippen LogP contribution in [0.15, 0.2) is 54.6 Å². The quantitative estimate of drug-likeness (QED) is 0.821. The number of carbonyl (C=O) groups excluding carboxylic acids is 1. The molecule has 0 saturated heterocycles. The van der Waals surface area contributed by atoms with Gasteiger partial charge in [-0.3, -0.25) is 4.79 Å². The third kappa shape index (κ3) is 5.35. The van der Waals surface area contributed by atoms with Gasteiger partial charge in [-0.05, 0) is 29.9 Å². The molecule has 2 aromatic carbocycles. The Bertz CT molecular complexity index is 709. The molecule has 126 valence electrons. The van der Waals surface area contributed by atoms with E-state index in [0.717, 1.165) is 5.56 Å². The van der Waals surface area contributed by atoms with Gasteiger partial charge in [-0.1, -0.05) is 63.2 Å². The molecule has 2 rings (SSSR count). The van der Waals surface area contributed by atoms with Crippen LogP contribution in [0.4, 0.5) is 5.69 Å². The van der Waals surface area contributed by atoms with E-state index in [0.29, 0.717) is 18.0 Å². The van der Waals surface area contributed by atoms with Crippen molar-refractivity contribution < 1.29 is 9.53 Å². The summed E-state index contributed by atoms with van der Waals surface area (Å²) in [6, 6.07) is 17.4. The third-order valence-electron chi connectivity index (χ3n) is 3.28. The number of thiocarbonyl (C=S) groups is 1. The Balaban J connectivity index is 2.00. The minimum absolute atomic E-state index is 0.136. The summed E-state index contributed by atoms with van der Waals surface area (Å²) in [7, 11) is 0. The van der Waals surface area contributed by atoms with E-state index in [2.05, 4.69) is 10.6 Å². The number of rotatable bonds is 4. The predicted molar refractivity (Wildman–Crippen MR) is 101 cm³/mol. The maximum Gasteiger partial charge on any atom is 0.231 e. The maximum atomic E-state index is 12.0. The van der Waals surface area contributed by atoms with Gasteiger partial charge in [0.15, 0.2) is 5.11 Å². The summed E-state index contributed by atoms with van der Waals surface area (Å²) in [5.74, 6) is 0.538. The summed E-state index contributed by atoms with van der Waals surface area (Å²) in [6.45, 7) is 5.96. The number of hydrogen-bond acceptors (Lipinski definition) is 3. The largest absolute Gasteiger partial charge is 0.487 e. The molecule has 0 spiro atoms. The molecular formula is C19H22N2O2S. The van der Waals surface area contributed by atoms with Crippen molar-refractivity contribution in [2.24, 2.45) is 5.41 Å². The minimum Gasteiger partial charge on any atom is -0.487 e. The van der Waals surface area contributed by atoms with E-state index in [9.17, 15) is 4.79 Å². The Labute approximate surface area is 148 Å². The summed E-state index contributed by atoms with van der Waals surface area (Å²) < 4.78 is 5.86. The van der Waals surface area contributed by atoms with Gasteiger partial charge < -0.3 is 15.4 Å². The van der Waals surface area contributed by atoms with Crippen LogP contribution in [0, 0.1) is 5.41 Å². The van der Waals surface area contributed by atoms with Crippen LogP contribution < -0.4 is 15.4 Å². The van der Waals surface area contributed by atoms with Crippen molar-refractivity contribution in [1.29, 1.82) is 0 Å². The molecule has 0 aliphatic carbocycles. The number of nitrogens with one attached hydrogen (secondary N) is 2. The molecular weight excluding hydrogens is 320 g/mol. The van der Waals surface area contributed by atoms with Gasteiger partial charge in [-0.2, -0.15) is 0 Å². The Morgan fingerprint density at radius 2 is 1.67 bits per heavy atom. The molecule has 4 nitrogen and oxygen atoms in total. The van der Waals surface area contributed by atoms with E-state index < -0.39 is 5.41 Å². The van der Waals surface area contributed by atoms with Crippen molar-refractivity contribution in [3.05, 3.63) is 60.2 Å². The van der Waals surface area contributed by atoms with Gasteiger partial charge in [0, 0.05) is 5.41 Å². The first-order valence-electron chi connectivity index (χ1n) is 7.74. The number of hydrogen-bond donors (Lipinski definition) is 2. The molecule has 0 heterocycles. The van der Waals surface area contributed by atoms with E-state index in [4.69, 9.17) is 17.0 Å². The van der Waals surface area contributed by atoms with Crippen LogP contribution in [-0.4, -0.2) is 11.0 Å². The van der Waals surface area contributed by atoms with Gasteiger partial charge in [0.1, 0.15) is 12.4 Å². The first-order valence-corrected chi connectivity index (χ1v) is 8.15. The van der Waals surface area contributed by atoms with Crippen molar-refractivity contribution in [2.75, 3.05) is 5.32 Å². The monoisotopic (exact) mass is 342 g/mol. The smallest absolute Gasteiger partial charge is 0.231 e. The average molecular weight is 342 g/mol. The number of carbonyl (C=O) groups is 1. The molecule has 0 unspecified atom stereocenters. The van der Waals surface area contributed by atoms with E-state index in [-0.39, 0.29) is 11.0 Å². The second-order valence-electron chi connectivity index (χ2n) is 6.43. The highest BCUT2D eigenvalue weighted by Crippen LogP contribution is 2.24. The summed E-state index contributed by atoms with van der Waals surface area (Å²) in [6.07, 6.45) is 0. The zero-order valence-electron chi connectivity index (χ0n) is 14.1. The highest BCUT2D eigenvalue weighted by atomic mass is 32.1. The molecule has 0 atom stereocenters. The lowest BCUT2D eigenvalue weighted by Gasteiger charge is -2.19. The summed E-state index contributed by atoms with van der Waals surface area (Å²) in [5.41, 5.74) is 1.29. The number of amides is 1. The van der Waals surface area contributed by atoms with Gasteiger partial charge in [0.25, 0.3) is 0 Å². The molecule has 2 N–H and O–H groups in total. The fourth-order valence-electron chi connectivity index (χ4n) is 1.88. The molecule has 0 saturated carbocycles. The molecule has 5 heteroatoms. The molecule has 0 aliphatic heterocycles. The fourth-order valence-corrected chi connectivity index (χ4v) is 2.08. The second-order valence-corrected chi connectivity index (χ2v) is 6.84. The van der Waals surface area contributed by atoms with Crippen LogP contribution in [0.3, 0.4) is 0 Å².